The fraction of sp³-hybridized carbons (Fsp3) is 0.440. The maximum Gasteiger partial charge on any atom is 0.416 e. The number of carbonyl (C=O) groups is 1. The van der Waals surface area contributed by atoms with Gasteiger partial charge in [-0.05, 0) is 68.7 Å². The molecule has 2 unspecified atom stereocenters. The average Bonchev–Trinajstić information content (AvgIpc) is 3.28. The third-order valence-corrected chi connectivity index (χ3v) is 5.54. The molecule has 2 aromatic carbocycles. The monoisotopic (exact) mass is 509 g/mol. The molecule has 1 saturated heterocycles. The van der Waals surface area contributed by atoms with Crippen LogP contribution in [-0.4, -0.2) is 37.3 Å². The Kier molecular flexibility index (Phi) is 9.41. The highest BCUT2D eigenvalue weighted by molar-refractivity contribution is 6.05. The van der Waals surface area contributed by atoms with Gasteiger partial charge < -0.3 is 10.1 Å². The van der Waals surface area contributed by atoms with Crippen LogP contribution >= 0.6 is 0 Å². The van der Waals surface area contributed by atoms with Crippen LogP contribution in [0, 0.1) is 12.7 Å². The molecule has 3 rings (SSSR count). The normalized spacial score (nSPS) is 18.5. The summed E-state index contributed by atoms with van der Waals surface area (Å²) in [6.07, 6.45) is -3.62. The summed E-state index contributed by atoms with van der Waals surface area (Å²) >= 11 is 0. The Hall–Kier alpha value is -3.02. The van der Waals surface area contributed by atoms with Gasteiger partial charge in [-0.15, -0.1) is 0 Å². The van der Waals surface area contributed by atoms with E-state index < -0.39 is 17.6 Å². The van der Waals surface area contributed by atoms with E-state index in [2.05, 4.69) is 26.5 Å². The number of hydrogen-bond acceptors (Lipinski definition) is 5. The second kappa shape index (κ2) is 12.3. The summed E-state index contributed by atoms with van der Waals surface area (Å²) < 4.78 is 58.0. The molecule has 36 heavy (non-hydrogen) atoms. The first-order chi connectivity index (χ1) is 17.0. The topological polar surface area (TPSA) is 86.8 Å². The van der Waals surface area contributed by atoms with E-state index in [4.69, 9.17) is 4.74 Å². The number of carbonyl (C=O) groups excluding carboxylic acids is 1. The number of amides is 1. The summed E-state index contributed by atoms with van der Waals surface area (Å²) in [4.78, 5) is 17.1. The summed E-state index contributed by atoms with van der Waals surface area (Å²) in [5.41, 5.74) is 6.71. The number of ether oxygens (including phenoxy) is 1. The van der Waals surface area contributed by atoms with Crippen molar-refractivity contribution in [2.24, 2.45) is 4.99 Å². The smallest absolute Gasteiger partial charge is 0.379 e. The quantitative estimate of drug-likeness (QED) is 0.185. The van der Waals surface area contributed by atoms with E-state index in [9.17, 15) is 22.4 Å². The molecular formula is C25H31F4N5O2. The van der Waals surface area contributed by atoms with Crippen molar-refractivity contribution in [2.75, 3.05) is 13.2 Å². The molecule has 11 heteroatoms. The zero-order chi connectivity index (χ0) is 26.3. The van der Waals surface area contributed by atoms with Crippen molar-refractivity contribution in [3.63, 3.8) is 0 Å². The minimum Gasteiger partial charge on any atom is -0.379 e. The molecule has 0 bridgehead atoms. The van der Waals surface area contributed by atoms with E-state index in [0.29, 0.717) is 31.6 Å². The lowest BCUT2D eigenvalue weighted by Crippen LogP contribution is -2.50. The van der Waals surface area contributed by atoms with Gasteiger partial charge in [0.15, 0.2) is 5.96 Å². The highest BCUT2D eigenvalue weighted by Crippen LogP contribution is 2.29. The fourth-order valence-corrected chi connectivity index (χ4v) is 3.55. The maximum absolute atomic E-state index is 14.0. The van der Waals surface area contributed by atoms with E-state index >= 15 is 0 Å². The van der Waals surface area contributed by atoms with Gasteiger partial charge in [0, 0.05) is 31.2 Å². The van der Waals surface area contributed by atoms with E-state index in [0.717, 1.165) is 29.8 Å². The number of hydrogen-bond donors (Lipinski definition) is 4. The summed E-state index contributed by atoms with van der Waals surface area (Å²) in [5.74, 6) is -0.726. The van der Waals surface area contributed by atoms with E-state index in [1.165, 1.54) is 6.07 Å². The van der Waals surface area contributed by atoms with Gasteiger partial charge in [-0.2, -0.15) is 13.2 Å². The summed E-state index contributed by atoms with van der Waals surface area (Å²) in [7, 11) is 0. The molecular weight excluding hydrogens is 478 g/mol. The third-order valence-electron chi connectivity index (χ3n) is 5.54. The Balaban J connectivity index is 1.66. The Morgan fingerprint density at radius 2 is 1.89 bits per heavy atom. The van der Waals surface area contributed by atoms with Gasteiger partial charge in [-0.3, -0.25) is 15.1 Å². The number of guanidine groups is 1. The average molecular weight is 510 g/mol. The first-order valence-corrected chi connectivity index (χ1v) is 11.7. The number of nitrogens with zero attached hydrogens (tertiary/aromatic N) is 1. The van der Waals surface area contributed by atoms with Crippen molar-refractivity contribution in [2.45, 2.75) is 58.1 Å². The second-order valence-electron chi connectivity index (χ2n) is 8.82. The molecule has 1 heterocycles. The van der Waals surface area contributed by atoms with Crippen LogP contribution in [0.5, 0.6) is 0 Å². The standard InChI is InChI=1S/C25H31F4N5O2/c1-15(2)36-12-4-11-30-24(32-23(35)17-7-9-19(10-8-17)25(27,28)29)31-22-14-21(33-34-22)18-6-5-16(3)20(26)13-18/h5-10,13,15,21-22,33-34H,4,11-12,14H2,1-3H3,(H2,30,31,32,35). The lowest BCUT2D eigenvalue weighted by atomic mass is 10.0. The third kappa shape index (κ3) is 8.00. The van der Waals surface area contributed by atoms with Crippen LogP contribution in [-0.2, 0) is 10.9 Å². The molecule has 1 aliphatic rings. The lowest BCUT2D eigenvalue weighted by molar-refractivity contribution is -0.137. The highest BCUT2D eigenvalue weighted by Gasteiger charge is 2.30. The molecule has 0 aromatic heterocycles. The van der Waals surface area contributed by atoms with Crippen molar-refractivity contribution in [3.05, 3.63) is 70.5 Å². The molecule has 4 N–H and O–H groups in total. The minimum atomic E-state index is -4.49. The van der Waals surface area contributed by atoms with Crippen molar-refractivity contribution < 1.29 is 27.1 Å². The number of benzene rings is 2. The molecule has 2 atom stereocenters. The first-order valence-electron chi connectivity index (χ1n) is 11.7. The van der Waals surface area contributed by atoms with Gasteiger partial charge in [-0.1, -0.05) is 12.1 Å². The predicted octanol–water partition coefficient (Wildman–Crippen LogP) is 4.21. The molecule has 0 aliphatic carbocycles. The summed E-state index contributed by atoms with van der Waals surface area (Å²) in [6.45, 7) is 6.39. The van der Waals surface area contributed by atoms with Crippen molar-refractivity contribution in [1.29, 1.82) is 0 Å². The largest absolute Gasteiger partial charge is 0.416 e. The minimum absolute atomic E-state index is 0.0613. The van der Waals surface area contributed by atoms with Crippen molar-refractivity contribution in [1.82, 2.24) is 21.5 Å². The van der Waals surface area contributed by atoms with Gasteiger partial charge in [0.25, 0.3) is 5.91 Å². The number of hydrazine groups is 1. The van der Waals surface area contributed by atoms with E-state index in [-0.39, 0.29) is 35.7 Å². The number of aryl methyl sites for hydroxylation is 1. The molecule has 196 valence electrons. The number of rotatable bonds is 8. The van der Waals surface area contributed by atoms with Gasteiger partial charge in [0.05, 0.1) is 17.8 Å². The molecule has 0 saturated carbocycles. The van der Waals surface area contributed by atoms with E-state index in [1.54, 1.807) is 13.0 Å². The van der Waals surface area contributed by atoms with Gasteiger partial charge in [-0.25, -0.2) is 15.2 Å². The summed E-state index contributed by atoms with van der Waals surface area (Å²) in [5, 5.41) is 5.75. The van der Waals surface area contributed by atoms with Crippen LogP contribution in [0.4, 0.5) is 17.6 Å². The van der Waals surface area contributed by atoms with Crippen LogP contribution in [0.15, 0.2) is 47.5 Å². The van der Waals surface area contributed by atoms with Crippen LogP contribution < -0.4 is 21.5 Å². The van der Waals surface area contributed by atoms with Crippen LogP contribution in [0.25, 0.3) is 0 Å². The van der Waals surface area contributed by atoms with Gasteiger partial charge in [0.1, 0.15) is 5.82 Å². The molecule has 0 radical (unpaired) electrons. The van der Waals surface area contributed by atoms with Crippen LogP contribution in [0.1, 0.15) is 59.8 Å². The second-order valence-corrected chi connectivity index (χ2v) is 8.82. The molecule has 1 fully saturated rings. The Bertz CT molecular complexity index is 1060. The summed E-state index contributed by atoms with van der Waals surface area (Å²) in [6, 6.07) is 8.80. The molecule has 1 amide bonds. The predicted molar refractivity (Wildman–Crippen MR) is 129 cm³/mol. The number of aliphatic imine (C=N–C) groups is 1. The van der Waals surface area contributed by atoms with Crippen LogP contribution in [0.3, 0.4) is 0 Å². The molecule has 1 aliphatic heterocycles. The van der Waals surface area contributed by atoms with E-state index in [1.807, 2.05) is 19.9 Å². The van der Waals surface area contributed by atoms with Gasteiger partial charge in [0.2, 0.25) is 0 Å². The Morgan fingerprint density at radius 3 is 2.53 bits per heavy atom. The van der Waals surface area contributed by atoms with Gasteiger partial charge >= 0.3 is 6.18 Å². The first kappa shape index (κ1) is 27.6. The number of halogens is 4. The van der Waals surface area contributed by atoms with Crippen LogP contribution in [0.2, 0.25) is 0 Å². The SMILES string of the molecule is Cc1ccc(C2CC(NC(=NCCCOC(C)C)NC(=O)c3ccc(C(F)(F)F)cc3)NN2)cc1F. The zero-order valence-corrected chi connectivity index (χ0v) is 20.4. The Morgan fingerprint density at radius 1 is 1.17 bits per heavy atom. The Labute approximate surface area is 207 Å². The fourth-order valence-electron chi connectivity index (χ4n) is 3.55. The maximum atomic E-state index is 14.0. The van der Waals surface area contributed by atoms with Crippen molar-refractivity contribution in [3.8, 4) is 0 Å². The molecule has 7 nitrogen and oxygen atoms in total. The number of nitrogens with one attached hydrogen (secondary N) is 4. The lowest BCUT2D eigenvalue weighted by Gasteiger charge is -2.17. The highest BCUT2D eigenvalue weighted by atomic mass is 19.4. The van der Waals surface area contributed by atoms with Crippen molar-refractivity contribution >= 4 is 11.9 Å². The molecule has 0 spiro atoms. The molecule has 2 aromatic rings. The zero-order valence-electron chi connectivity index (χ0n) is 20.4. The number of alkyl halides is 3.